The third-order valence-electron chi connectivity index (χ3n) is 6.07. The topological polar surface area (TPSA) is 96.6 Å². The lowest BCUT2D eigenvalue weighted by Gasteiger charge is -2.32. The van der Waals surface area contributed by atoms with Crippen molar-refractivity contribution in [2.45, 2.75) is 13.3 Å². The summed E-state index contributed by atoms with van der Waals surface area (Å²) in [5, 5.41) is 3.08. The molecule has 2 heterocycles. The molecule has 184 valence electrons. The lowest BCUT2D eigenvalue weighted by Crippen LogP contribution is -2.44. The number of anilines is 2. The molecule has 1 saturated heterocycles. The number of primary amides is 1. The lowest BCUT2D eigenvalue weighted by atomic mass is 10.1. The average Bonchev–Trinajstić information content (AvgIpc) is 2.86. The summed E-state index contributed by atoms with van der Waals surface area (Å²) in [6, 6.07) is 12.1. The van der Waals surface area contributed by atoms with Gasteiger partial charge in [-0.3, -0.25) is 4.79 Å². The number of nitrogens with zero attached hydrogens (tertiary/aromatic N) is 4. The van der Waals surface area contributed by atoms with Crippen LogP contribution in [-0.4, -0.2) is 72.1 Å². The van der Waals surface area contributed by atoms with Crippen LogP contribution in [0.5, 0.6) is 5.75 Å². The van der Waals surface area contributed by atoms with Crippen LogP contribution in [0.15, 0.2) is 48.7 Å². The molecule has 8 nitrogen and oxygen atoms in total. The normalized spacial score (nSPS) is 14.6. The minimum absolute atomic E-state index is 0.0206. The second-order valence-electron chi connectivity index (χ2n) is 8.78. The summed E-state index contributed by atoms with van der Waals surface area (Å²) in [5.74, 6) is -0.0786. The predicted octanol–water partition coefficient (Wildman–Crippen LogP) is 3.45. The molecule has 0 aliphatic carbocycles. The van der Waals surface area contributed by atoms with Crippen molar-refractivity contribution < 1.29 is 13.9 Å². The molecule has 0 bridgehead atoms. The first-order valence-electron chi connectivity index (χ1n) is 11.7. The van der Waals surface area contributed by atoms with Crippen molar-refractivity contribution in [2.75, 3.05) is 51.7 Å². The highest BCUT2D eigenvalue weighted by Crippen LogP contribution is 2.24. The summed E-state index contributed by atoms with van der Waals surface area (Å²) < 4.78 is 19.8. The third kappa shape index (κ3) is 6.52. The Labute approximate surface area is 204 Å². The number of nitrogens with two attached hydrogens (primary N) is 1. The first-order valence-corrected chi connectivity index (χ1v) is 11.7. The first kappa shape index (κ1) is 24.6. The summed E-state index contributed by atoms with van der Waals surface area (Å²) >= 11 is 0. The van der Waals surface area contributed by atoms with Crippen molar-refractivity contribution in [2.24, 2.45) is 5.73 Å². The number of likely N-dealkylation sites (N-methyl/N-ethyl adjacent to an activating group) is 1. The van der Waals surface area contributed by atoms with E-state index in [1.54, 1.807) is 19.1 Å². The van der Waals surface area contributed by atoms with E-state index in [0.717, 1.165) is 44.9 Å². The van der Waals surface area contributed by atoms with Crippen molar-refractivity contribution in [1.29, 1.82) is 0 Å². The van der Waals surface area contributed by atoms with Gasteiger partial charge in [0.2, 0.25) is 0 Å². The fourth-order valence-electron chi connectivity index (χ4n) is 3.86. The number of nitrogens with one attached hydrogen (secondary N) is 1. The number of rotatable bonds is 9. The van der Waals surface area contributed by atoms with Gasteiger partial charge in [0, 0.05) is 44.0 Å². The molecule has 3 aromatic rings. The number of carbonyl (C=O) groups excluding carboxylic acids is 1. The molecular weight excluding hydrogens is 447 g/mol. The standard InChI is InChI=1S/C26H31FN6O2/c1-18-4-5-19(16-22(18)27)23-17-29-26(24(31-23)25(28)34)30-20-6-8-21(9-7-20)35-15-3-10-33-13-11-32(2)12-14-33/h4-9,16-17H,3,10-15H2,1-2H3,(H2,28,34)(H,29,30). The number of halogens is 1. The summed E-state index contributed by atoms with van der Waals surface area (Å²) in [5.41, 5.74) is 7.64. The van der Waals surface area contributed by atoms with Gasteiger partial charge in [0.05, 0.1) is 18.5 Å². The molecular formula is C26H31FN6O2. The number of aryl methyl sites for hydroxylation is 1. The Kier molecular flexibility index (Phi) is 7.89. The van der Waals surface area contributed by atoms with Gasteiger partial charge in [-0.05, 0) is 56.3 Å². The van der Waals surface area contributed by atoms with Crippen LogP contribution in [0.3, 0.4) is 0 Å². The van der Waals surface area contributed by atoms with Gasteiger partial charge < -0.3 is 25.6 Å². The lowest BCUT2D eigenvalue weighted by molar-refractivity contribution is 0.0996. The zero-order valence-electron chi connectivity index (χ0n) is 20.1. The van der Waals surface area contributed by atoms with E-state index in [4.69, 9.17) is 10.5 Å². The van der Waals surface area contributed by atoms with Crippen LogP contribution in [0.25, 0.3) is 11.3 Å². The van der Waals surface area contributed by atoms with Crippen molar-refractivity contribution in [3.05, 3.63) is 65.7 Å². The van der Waals surface area contributed by atoms with Gasteiger partial charge in [0.25, 0.3) is 5.91 Å². The van der Waals surface area contributed by atoms with E-state index in [0.29, 0.717) is 29.1 Å². The molecule has 0 radical (unpaired) electrons. The summed E-state index contributed by atoms with van der Waals surface area (Å²) in [6.07, 6.45) is 2.45. The van der Waals surface area contributed by atoms with Gasteiger partial charge in [0.15, 0.2) is 11.5 Å². The number of hydrogen-bond donors (Lipinski definition) is 2. The zero-order chi connectivity index (χ0) is 24.8. The van der Waals surface area contributed by atoms with E-state index in [-0.39, 0.29) is 17.3 Å². The van der Waals surface area contributed by atoms with Gasteiger partial charge >= 0.3 is 0 Å². The number of aromatic nitrogens is 2. The van der Waals surface area contributed by atoms with Crippen LogP contribution in [0.4, 0.5) is 15.9 Å². The quantitative estimate of drug-likeness (QED) is 0.455. The largest absolute Gasteiger partial charge is 0.494 e. The molecule has 1 aromatic heterocycles. The Bertz CT molecular complexity index is 1160. The smallest absolute Gasteiger partial charge is 0.271 e. The number of hydrogen-bond acceptors (Lipinski definition) is 7. The fraction of sp³-hybridized carbons (Fsp3) is 0.346. The molecule has 1 fully saturated rings. The number of amides is 1. The molecule has 0 unspecified atom stereocenters. The maximum atomic E-state index is 14.0. The minimum Gasteiger partial charge on any atom is -0.494 e. The molecule has 1 amide bonds. The molecule has 0 spiro atoms. The highest BCUT2D eigenvalue weighted by Gasteiger charge is 2.15. The monoisotopic (exact) mass is 478 g/mol. The van der Waals surface area contributed by atoms with Crippen molar-refractivity contribution in [1.82, 2.24) is 19.8 Å². The van der Waals surface area contributed by atoms with E-state index in [9.17, 15) is 9.18 Å². The van der Waals surface area contributed by atoms with Crippen LogP contribution in [-0.2, 0) is 0 Å². The van der Waals surface area contributed by atoms with E-state index >= 15 is 0 Å². The van der Waals surface area contributed by atoms with Crippen molar-refractivity contribution in [3.8, 4) is 17.0 Å². The van der Waals surface area contributed by atoms with E-state index in [1.165, 1.54) is 12.3 Å². The summed E-state index contributed by atoms with van der Waals surface area (Å²) in [6.45, 7) is 7.81. The van der Waals surface area contributed by atoms with Crippen molar-refractivity contribution >= 4 is 17.4 Å². The van der Waals surface area contributed by atoms with Crippen LogP contribution in [0.2, 0.25) is 0 Å². The Balaban J connectivity index is 1.35. The van der Waals surface area contributed by atoms with Crippen LogP contribution >= 0.6 is 0 Å². The van der Waals surface area contributed by atoms with E-state index < -0.39 is 5.91 Å². The van der Waals surface area contributed by atoms with E-state index in [2.05, 4.69) is 32.1 Å². The van der Waals surface area contributed by atoms with E-state index in [1.807, 2.05) is 24.3 Å². The summed E-state index contributed by atoms with van der Waals surface area (Å²) in [4.78, 5) is 25.5. The maximum Gasteiger partial charge on any atom is 0.271 e. The second kappa shape index (κ2) is 11.2. The molecule has 1 aliphatic heterocycles. The molecule has 1 aliphatic rings. The fourth-order valence-corrected chi connectivity index (χ4v) is 3.86. The van der Waals surface area contributed by atoms with Gasteiger partial charge in [-0.25, -0.2) is 14.4 Å². The Morgan fingerprint density at radius 2 is 1.89 bits per heavy atom. The third-order valence-corrected chi connectivity index (χ3v) is 6.07. The minimum atomic E-state index is -0.727. The second-order valence-corrected chi connectivity index (χ2v) is 8.78. The van der Waals surface area contributed by atoms with Crippen LogP contribution < -0.4 is 15.8 Å². The Morgan fingerprint density at radius 3 is 2.57 bits per heavy atom. The number of benzene rings is 2. The van der Waals surface area contributed by atoms with Gasteiger partial charge in [-0.2, -0.15) is 0 Å². The SMILES string of the molecule is Cc1ccc(-c2cnc(Nc3ccc(OCCCN4CCN(C)CC4)cc3)c(C(N)=O)n2)cc1F. The van der Waals surface area contributed by atoms with Crippen LogP contribution in [0.1, 0.15) is 22.5 Å². The molecule has 9 heteroatoms. The van der Waals surface area contributed by atoms with Gasteiger partial charge in [0.1, 0.15) is 11.6 Å². The van der Waals surface area contributed by atoms with Gasteiger partial charge in [-0.1, -0.05) is 12.1 Å². The molecule has 35 heavy (non-hydrogen) atoms. The highest BCUT2D eigenvalue weighted by atomic mass is 19.1. The molecule has 2 aromatic carbocycles. The summed E-state index contributed by atoms with van der Waals surface area (Å²) in [7, 11) is 2.16. The molecule has 3 N–H and O–H groups in total. The average molecular weight is 479 g/mol. The maximum absolute atomic E-state index is 14.0. The molecule has 0 saturated carbocycles. The molecule has 0 atom stereocenters. The van der Waals surface area contributed by atoms with Gasteiger partial charge in [-0.15, -0.1) is 0 Å². The number of ether oxygens (including phenoxy) is 1. The Hall–Kier alpha value is -3.56. The predicted molar refractivity (Wildman–Crippen MR) is 134 cm³/mol. The van der Waals surface area contributed by atoms with Crippen molar-refractivity contribution in [3.63, 3.8) is 0 Å². The zero-order valence-corrected chi connectivity index (χ0v) is 20.1. The Morgan fingerprint density at radius 1 is 1.14 bits per heavy atom. The van der Waals surface area contributed by atoms with Crippen LogP contribution in [0, 0.1) is 12.7 Å². The highest BCUT2D eigenvalue weighted by molar-refractivity contribution is 5.96. The number of piperazine rings is 1. The first-order chi connectivity index (χ1) is 16.9. The number of carbonyl (C=O) groups is 1. The molecule has 4 rings (SSSR count).